The summed E-state index contributed by atoms with van der Waals surface area (Å²) in [4.78, 5) is 3.30. The second-order valence-electron chi connectivity index (χ2n) is 6.29. The number of fused-ring (bicyclic) bond motifs is 1. The van der Waals surface area contributed by atoms with E-state index < -0.39 is 0 Å². The number of nitrogens with one attached hydrogen (secondary N) is 1. The molecule has 3 rings (SSSR count). The number of aromatic nitrogens is 3. The Bertz CT molecular complexity index is 752. The predicted octanol–water partition coefficient (Wildman–Crippen LogP) is 3.45. The smallest absolute Gasteiger partial charge is 0.121 e. The van der Waals surface area contributed by atoms with Crippen LogP contribution in [0.15, 0.2) is 30.5 Å². The Kier molecular flexibility index (Phi) is 2.64. The van der Waals surface area contributed by atoms with Crippen molar-refractivity contribution in [2.24, 2.45) is 7.05 Å². The second-order valence-corrected chi connectivity index (χ2v) is 6.29. The van der Waals surface area contributed by atoms with Crippen molar-refractivity contribution in [3.05, 3.63) is 36.0 Å². The summed E-state index contributed by atoms with van der Waals surface area (Å²) in [6, 6.07) is 8.46. The highest BCUT2D eigenvalue weighted by Crippen LogP contribution is 2.32. The molecule has 0 saturated heterocycles. The molecule has 1 aromatic carbocycles. The van der Waals surface area contributed by atoms with Gasteiger partial charge in [0.15, 0.2) is 0 Å². The molecule has 0 unspecified atom stereocenters. The quantitative estimate of drug-likeness (QED) is 0.710. The zero-order chi connectivity index (χ0) is 14.5. The maximum atomic E-state index is 5.88. The van der Waals surface area contributed by atoms with Crippen LogP contribution in [0.3, 0.4) is 0 Å². The highest BCUT2D eigenvalue weighted by molar-refractivity contribution is 5.95. The van der Waals surface area contributed by atoms with Gasteiger partial charge in [-0.2, -0.15) is 5.10 Å². The lowest BCUT2D eigenvalue weighted by molar-refractivity contribution is 0.591. The SMILES string of the molecule is Cn1nc(-c2c[nH]c3ccc(C(C)(C)C)cc23)cc1N. The first-order chi connectivity index (χ1) is 9.36. The summed E-state index contributed by atoms with van der Waals surface area (Å²) >= 11 is 0. The molecule has 0 aliphatic rings. The van der Waals surface area contributed by atoms with Crippen LogP contribution in [0.5, 0.6) is 0 Å². The van der Waals surface area contributed by atoms with Gasteiger partial charge in [0, 0.05) is 35.8 Å². The van der Waals surface area contributed by atoms with Gasteiger partial charge in [0.05, 0.1) is 5.69 Å². The van der Waals surface area contributed by atoms with Gasteiger partial charge in [-0.1, -0.05) is 26.8 Å². The number of aryl methyl sites for hydroxylation is 1. The minimum absolute atomic E-state index is 0.131. The molecule has 3 aromatic rings. The molecule has 0 aliphatic heterocycles. The maximum Gasteiger partial charge on any atom is 0.121 e. The Labute approximate surface area is 118 Å². The van der Waals surface area contributed by atoms with Gasteiger partial charge in [0.25, 0.3) is 0 Å². The van der Waals surface area contributed by atoms with E-state index in [0.717, 1.165) is 16.8 Å². The van der Waals surface area contributed by atoms with E-state index in [4.69, 9.17) is 5.73 Å². The fourth-order valence-electron chi connectivity index (χ4n) is 2.41. The molecule has 0 fully saturated rings. The Morgan fingerprint density at radius 2 is 1.95 bits per heavy atom. The molecule has 0 saturated carbocycles. The number of H-pyrrole nitrogens is 1. The zero-order valence-corrected chi connectivity index (χ0v) is 12.4. The van der Waals surface area contributed by atoms with Crippen molar-refractivity contribution in [3.8, 4) is 11.3 Å². The van der Waals surface area contributed by atoms with Crippen LogP contribution in [-0.2, 0) is 12.5 Å². The number of rotatable bonds is 1. The highest BCUT2D eigenvalue weighted by atomic mass is 15.3. The van der Waals surface area contributed by atoms with E-state index >= 15 is 0 Å². The molecule has 3 N–H and O–H groups in total. The average Bonchev–Trinajstić information content (AvgIpc) is 2.92. The summed E-state index contributed by atoms with van der Waals surface area (Å²) in [5.41, 5.74) is 10.4. The molecule has 0 aliphatic carbocycles. The molecule has 4 nitrogen and oxygen atoms in total. The topological polar surface area (TPSA) is 59.6 Å². The molecular formula is C16H20N4. The zero-order valence-electron chi connectivity index (χ0n) is 12.4. The first kappa shape index (κ1) is 12.8. The molecule has 4 heteroatoms. The van der Waals surface area contributed by atoms with Gasteiger partial charge >= 0.3 is 0 Å². The van der Waals surface area contributed by atoms with Gasteiger partial charge in [-0.15, -0.1) is 0 Å². The van der Waals surface area contributed by atoms with Crippen LogP contribution >= 0.6 is 0 Å². The fourth-order valence-corrected chi connectivity index (χ4v) is 2.41. The van der Waals surface area contributed by atoms with E-state index in [1.807, 2.05) is 19.3 Å². The summed E-state index contributed by atoms with van der Waals surface area (Å²) in [5.74, 6) is 0.668. The van der Waals surface area contributed by atoms with Crippen LogP contribution in [0.1, 0.15) is 26.3 Å². The number of aromatic amines is 1. The summed E-state index contributed by atoms with van der Waals surface area (Å²) < 4.78 is 1.70. The average molecular weight is 268 g/mol. The van der Waals surface area contributed by atoms with E-state index in [2.05, 4.69) is 49.1 Å². The Balaban J connectivity index is 2.21. The van der Waals surface area contributed by atoms with Crippen molar-refractivity contribution in [1.82, 2.24) is 14.8 Å². The highest BCUT2D eigenvalue weighted by Gasteiger charge is 2.16. The second kappa shape index (κ2) is 4.13. The van der Waals surface area contributed by atoms with Crippen LogP contribution in [0.2, 0.25) is 0 Å². The number of hydrogen-bond donors (Lipinski definition) is 2. The number of anilines is 1. The molecule has 0 atom stereocenters. The molecule has 0 spiro atoms. The number of nitrogen functional groups attached to an aromatic ring is 1. The summed E-state index contributed by atoms with van der Waals surface area (Å²) in [7, 11) is 1.86. The van der Waals surface area contributed by atoms with E-state index in [0.29, 0.717) is 5.82 Å². The normalized spacial score (nSPS) is 12.2. The van der Waals surface area contributed by atoms with Gasteiger partial charge < -0.3 is 10.7 Å². The number of hydrogen-bond acceptors (Lipinski definition) is 2. The first-order valence-electron chi connectivity index (χ1n) is 6.78. The van der Waals surface area contributed by atoms with Crippen molar-refractivity contribution in [2.45, 2.75) is 26.2 Å². The van der Waals surface area contributed by atoms with Gasteiger partial charge in [0.1, 0.15) is 5.82 Å². The fraction of sp³-hybridized carbons (Fsp3) is 0.312. The summed E-state index contributed by atoms with van der Waals surface area (Å²) in [5, 5.41) is 5.66. The maximum absolute atomic E-state index is 5.88. The van der Waals surface area contributed by atoms with Crippen LogP contribution in [-0.4, -0.2) is 14.8 Å². The lowest BCUT2D eigenvalue weighted by Gasteiger charge is -2.19. The van der Waals surface area contributed by atoms with Crippen LogP contribution < -0.4 is 5.73 Å². The van der Waals surface area contributed by atoms with Crippen LogP contribution in [0.4, 0.5) is 5.82 Å². The van der Waals surface area contributed by atoms with Crippen LogP contribution in [0, 0.1) is 0 Å². The standard InChI is InChI=1S/C16H20N4/c1-16(2,3)10-5-6-13-11(7-10)12(9-18-13)14-8-15(17)20(4)19-14/h5-9,18H,17H2,1-4H3. The first-order valence-corrected chi connectivity index (χ1v) is 6.78. The molecule has 2 heterocycles. The largest absolute Gasteiger partial charge is 0.384 e. The molecular weight excluding hydrogens is 248 g/mol. The van der Waals surface area contributed by atoms with Crippen molar-refractivity contribution >= 4 is 16.7 Å². The van der Waals surface area contributed by atoms with E-state index in [1.54, 1.807) is 4.68 Å². The minimum atomic E-state index is 0.131. The molecule has 0 radical (unpaired) electrons. The van der Waals surface area contributed by atoms with Crippen molar-refractivity contribution in [3.63, 3.8) is 0 Å². The van der Waals surface area contributed by atoms with E-state index in [1.165, 1.54) is 10.9 Å². The Morgan fingerprint density at radius 3 is 2.55 bits per heavy atom. The molecule has 0 bridgehead atoms. The van der Waals surface area contributed by atoms with Crippen molar-refractivity contribution in [1.29, 1.82) is 0 Å². The predicted molar refractivity (Wildman–Crippen MR) is 83.6 cm³/mol. The lowest BCUT2D eigenvalue weighted by Crippen LogP contribution is -2.10. The number of nitrogens with zero attached hydrogens (tertiary/aromatic N) is 2. The monoisotopic (exact) mass is 268 g/mol. The van der Waals surface area contributed by atoms with Gasteiger partial charge in [-0.3, -0.25) is 4.68 Å². The minimum Gasteiger partial charge on any atom is -0.384 e. The van der Waals surface area contributed by atoms with Gasteiger partial charge in [-0.05, 0) is 23.1 Å². The van der Waals surface area contributed by atoms with Crippen molar-refractivity contribution < 1.29 is 0 Å². The molecule has 20 heavy (non-hydrogen) atoms. The third-order valence-corrected chi connectivity index (χ3v) is 3.74. The van der Waals surface area contributed by atoms with E-state index in [-0.39, 0.29) is 5.41 Å². The third kappa shape index (κ3) is 1.97. The number of nitrogens with two attached hydrogens (primary N) is 1. The Morgan fingerprint density at radius 1 is 1.20 bits per heavy atom. The molecule has 0 amide bonds. The molecule has 2 aromatic heterocycles. The van der Waals surface area contributed by atoms with Crippen LogP contribution in [0.25, 0.3) is 22.2 Å². The summed E-state index contributed by atoms with van der Waals surface area (Å²) in [6.07, 6.45) is 2.00. The van der Waals surface area contributed by atoms with Crippen molar-refractivity contribution in [2.75, 3.05) is 5.73 Å². The number of benzene rings is 1. The third-order valence-electron chi connectivity index (χ3n) is 3.74. The summed E-state index contributed by atoms with van der Waals surface area (Å²) in [6.45, 7) is 6.66. The molecule has 104 valence electrons. The van der Waals surface area contributed by atoms with Gasteiger partial charge in [0.2, 0.25) is 0 Å². The van der Waals surface area contributed by atoms with E-state index in [9.17, 15) is 0 Å². The Hall–Kier alpha value is -2.23. The lowest BCUT2D eigenvalue weighted by atomic mass is 9.86. The van der Waals surface area contributed by atoms with Gasteiger partial charge in [-0.25, -0.2) is 0 Å².